The topological polar surface area (TPSA) is 9.23 Å². The molecule has 1 heterocycles. The first-order valence-electron chi connectivity index (χ1n) is 8.33. The largest absolute Gasteiger partial charge is 0.456 e. The fourth-order valence-electron chi connectivity index (χ4n) is 3.25. The molecule has 0 saturated carbocycles. The molecule has 3 heteroatoms. The van der Waals surface area contributed by atoms with Crippen LogP contribution in [0.15, 0.2) is 68.8 Å². The number of rotatable bonds is 1. The fraction of sp³-hybridized carbons (Fsp3) is 0.182. The number of allylic oxidation sites excluding steroid dienone is 3. The molecule has 0 aromatic heterocycles. The highest BCUT2D eigenvalue weighted by Gasteiger charge is 2.28. The quantitative estimate of drug-likeness (QED) is 0.444. The van der Waals surface area contributed by atoms with Gasteiger partial charge in [0.15, 0.2) is 0 Å². The molecule has 1 nitrogen and oxygen atoms in total. The molecule has 2 aromatic carbocycles. The Labute approximate surface area is 165 Å². The summed E-state index contributed by atoms with van der Waals surface area (Å²) >= 11 is 7.39. The maximum atomic E-state index is 6.28. The zero-order valence-corrected chi connectivity index (χ0v) is 17.5. The fourth-order valence-corrected chi connectivity index (χ4v) is 3.96. The van der Waals surface area contributed by atoms with Crippen LogP contribution in [0, 0.1) is 19.8 Å². The minimum atomic E-state index is 0.316. The van der Waals surface area contributed by atoms with E-state index in [1.54, 1.807) is 0 Å². The van der Waals surface area contributed by atoms with E-state index >= 15 is 0 Å². The van der Waals surface area contributed by atoms with Gasteiger partial charge in [-0.15, -0.1) is 0 Å². The lowest BCUT2D eigenvalue weighted by Gasteiger charge is -2.29. The standard InChI is InChI=1S/C22H18Br2O/c1-12-4-6-15(7-5-12)22-16-10-18(23)13(2)8-20(16)25-21-9-14(3)19(24)11-17(21)22/h4-11,13H,1-3H3. The van der Waals surface area contributed by atoms with Gasteiger partial charge in [-0.25, -0.2) is 0 Å². The van der Waals surface area contributed by atoms with Crippen LogP contribution in [0.2, 0.25) is 0 Å². The van der Waals surface area contributed by atoms with Crippen LogP contribution in [-0.2, 0) is 0 Å². The molecule has 0 spiro atoms. The van der Waals surface area contributed by atoms with Crippen molar-refractivity contribution in [2.24, 2.45) is 5.92 Å². The zero-order valence-electron chi connectivity index (χ0n) is 14.4. The van der Waals surface area contributed by atoms with Gasteiger partial charge >= 0.3 is 0 Å². The van der Waals surface area contributed by atoms with Gasteiger partial charge in [0.1, 0.15) is 11.5 Å². The lowest BCUT2D eigenvalue weighted by Crippen LogP contribution is -2.14. The van der Waals surface area contributed by atoms with Crippen LogP contribution >= 0.6 is 31.9 Å². The third kappa shape index (κ3) is 2.94. The van der Waals surface area contributed by atoms with Gasteiger partial charge in [0, 0.05) is 31.6 Å². The Balaban J connectivity index is 2.04. The molecule has 1 unspecified atom stereocenters. The molecule has 0 bridgehead atoms. The maximum absolute atomic E-state index is 6.28. The van der Waals surface area contributed by atoms with E-state index in [1.165, 1.54) is 26.7 Å². The van der Waals surface area contributed by atoms with Crippen molar-refractivity contribution >= 4 is 37.4 Å². The molecular weight excluding hydrogens is 440 g/mol. The first-order chi connectivity index (χ1) is 11.9. The van der Waals surface area contributed by atoms with E-state index in [-0.39, 0.29) is 0 Å². The number of ether oxygens (including phenoxy) is 1. The van der Waals surface area contributed by atoms with Crippen LogP contribution in [0.3, 0.4) is 0 Å². The van der Waals surface area contributed by atoms with Gasteiger partial charge in [0.25, 0.3) is 0 Å². The monoisotopic (exact) mass is 456 g/mol. The normalized spacial score (nSPS) is 18.8. The second-order valence-electron chi connectivity index (χ2n) is 6.70. The second-order valence-corrected chi connectivity index (χ2v) is 8.47. The highest BCUT2D eigenvalue weighted by atomic mass is 79.9. The first kappa shape index (κ1) is 16.9. The summed E-state index contributed by atoms with van der Waals surface area (Å²) in [5.74, 6) is 2.18. The van der Waals surface area contributed by atoms with Gasteiger partial charge in [0.2, 0.25) is 0 Å². The lowest BCUT2D eigenvalue weighted by molar-refractivity contribution is 0.425. The Morgan fingerprint density at radius 1 is 1.00 bits per heavy atom. The van der Waals surface area contributed by atoms with E-state index in [0.29, 0.717) is 5.92 Å². The highest BCUT2D eigenvalue weighted by molar-refractivity contribution is 9.11. The first-order valence-corrected chi connectivity index (χ1v) is 9.91. The number of hydrogen-bond acceptors (Lipinski definition) is 1. The summed E-state index contributed by atoms with van der Waals surface area (Å²) in [6.07, 6.45) is 4.39. The summed E-state index contributed by atoms with van der Waals surface area (Å²) in [5, 5.41) is 0. The average Bonchev–Trinajstić information content (AvgIpc) is 2.57. The SMILES string of the molecule is Cc1ccc(C2=C3C=C(Br)C(C)C=C3Oc3cc(C)c(Br)cc32)cc1. The molecule has 0 radical (unpaired) electrons. The summed E-state index contributed by atoms with van der Waals surface area (Å²) < 4.78 is 8.55. The summed E-state index contributed by atoms with van der Waals surface area (Å²) in [7, 11) is 0. The molecule has 0 fully saturated rings. The van der Waals surface area contributed by atoms with Crippen molar-refractivity contribution in [2.45, 2.75) is 20.8 Å². The van der Waals surface area contributed by atoms with Crippen molar-refractivity contribution in [3.05, 3.63) is 91.1 Å². The van der Waals surface area contributed by atoms with Crippen LogP contribution < -0.4 is 4.74 Å². The van der Waals surface area contributed by atoms with Gasteiger partial charge in [0.05, 0.1) is 0 Å². The summed E-state index contributed by atoms with van der Waals surface area (Å²) in [5.41, 5.74) is 7.12. The molecule has 1 aliphatic heterocycles. The van der Waals surface area contributed by atoms with Crippen LogP contribution in [0.4, 0.5) is 0 Å². The second kappa shape index (κ2) is 6.30. The molecule has 2 aromatic rings. The van der Waals surface area contributed by atoms with E-state index in [1.807, 2.05) is 0 Å². The Morgan fingerprint density at radius 3 is 2.44 bits per heavy atom. The molecule has 4 rings (SSSR count). The lowest BCUT2D eigenvalue weighted by atomic mass is 9.86. The van der Waals surface area contributed by atoms with Crippen molar-refractivity contribution in [1.82, 2.24) is 0 Å². The molecule has 0 saturated heterocycles. The minimum absolute atomic E-state index is 0.316. The highest BCUT2D eigenvalue weighted by Crippen LogP contribution is 2.46. The van der Waals surface area contributed by atoms with Crippen LogP contribution in [0.1, 0.15) is 29.2 Å². The number of halogens is 2. The number of hydrogen-bond donors (Lipinski definition) is 0. The van der Waals surface area contributed by atoms with Crippen molar-refractivity contribution in [3.63, 3.8) is 0 Å². The number of aryl methyl sites for hydroxylation is 2. The summed E-state index contributed by atoms with van der Waals surface area (Å²) in [6.45, 7) is 6.37. The maximum Gasteiger partial charge on any atom is 0.135 e. The van der Waals surface area contributed by atoms with E-state index in [4.69, 9.17) is 4.74 Å². The van der Waals surface area contributed by atoms with E-state index < -0.39 is 0 Å². The van der Waals surface area contributed by atoms with Gasteiger partial charge in [-0.3, -0.25) is 0 Å². The Morgan fingerprint density at radius 2 is 1.72 bits per heavy atom. The molecule has 1 atom stereocenters. The third-order valence-electron chi connectivity index (χ3n) is 4.74. The van der Waals surface area contributed by atoms with Crippen molar-refractivity contribution in [3.8, 4) is 5.75 Å². The Hall–Kier alpha value is -1.58. The van der Waals surface area contributed by atoms with E-state index in [0.717, 1.165) is 27.1 Å². The molecule has 25 heavy (non-hydrogen) atoms. The predicted octanol–water partition coefficient (Wildman–Crippen LogP) is 7.07. The third-order valence-corrected chi connectivity index (χ3v) is 6.55. The molecule has 0 N–H and O–H groups in total. The van der Waals surface area contributed by atoms with Crippen molar-refractivity contribution in [1.29, 1.82) is 0 Å². The van der Waals surface area contributed by atoms with Gasteiger partial charge in [-0.05, 0) is 49.3 Å². The van der Waals surface area contributed by atoms with Crippen LogP contribution in [0.25, 0.3) is 5.57 Å². The van der Waals surface area contributed by atoms with E-state index in [9.17, 15) is 0 Å². The molecule has 0 amide bonds. The Bertz CT molecular complexity index is 962. The average molecular weight is 458 g/mol. The number of fused-ring (bicyclic) bond motifs is 2. The zero-order chi connectivity index (χ0) is 17.7. The smallest absolute Gasteiger partial charge is 0.135 e. The molecule has 126 valence electrons. The van der Waals surface area contributed by atoms with Gasteiger partial charge in [-0.2, -0.15) is 0 Å². The summed E-state index contributed by atoms with van der Waals surface area (Å²) in [6, 6.07) is 13.0. The molecule has 2 aliphatic rings. The van der Waals surface area contributed by atoms with Crippen molar-refractivity contribution < 1.29 is 4.74 Å². The van der Waals surface area contributed by atoms with Crippen molar-refractivity contribution in [2.75, 3.05) is 0 Å². The number of benzene rings is 2. The predicted molar refractivity (Wildman–Crippen MR) is 111 cm³/mol. The van der Waals surface area contributed by atoms with Gasteiger partial charge < -0.3 is 4.74 Å². The van der Waals surface area contributed by atoms with Gasteiger partial charge in [-0.1, -0.05) is 68.6 Å². The molecular formula is C22H18Br2O. The van der Waals surface area contributed by atoms with E-state index in [2.05, 4.69) is 101 Å². The van der Waals surface area contributed by atoms with Crippen LogP contribution in [-0.4, -0.2) is 0 Å². The van der Waals surface area contributed by atoms with Crippen LogP contribution in [0.5, 0.6) is 5.75 Å². The minimum Gasteiger partial charge on any atom is -0.456 e. The summed E-state index contributed by atoms with van der Waals surface area (Å²) in [4.78, 5) is 0. The molecule has 1 aliphatic carbocycles. The Kier molecular flexibility index (Phi) is 4.25.